The van der Waals surface area contributed by atoms with E-state index in [1.165, 1.54) is 83.5 Å². The van der Waals surface area contributed by atoms with Crippen molar-refractivity contribution in [3.8, 4) is 0 Å². The summed E-state index contributed by atoms with van der Waals surface area (Å²) in [4.78, 5) is 35.7. The van der Waals surface area contributed by atoms with Gasteiger partial charge in [0.25, 0.3) is 0 Å². The van der Waals surface area contributed by atoms with Crippen LogP contribution in [0.15, 0.2) is 48.6 Å². The zero-order chi connectivity index (χ0) is 45.0. The summed E-state index contributed by atoms with van der Waals surface area (Å²) in [6, 6.07) is 0. The number of phosphoric acid groups is 1. The topological polar surface area (TPSA) is 210 Å². The molecule has 0 aromatic carbocycles. The normalized spacial score (nSPS) is 22.4. The first-order chi connectivity index (χ1) is 29.4. The van der Waals surface area contributed by atoms with Gasteiger partial charge in [-0.2, -0.15) is 0 Å². The quantitative estimate of drug-likeness (QED) is 0.0148. The summed E-state index contributed by atoms with van der Waals surface area (Å²) in [5.74, 6) is -1.16. The van der Waals surface area contributed by atoms with Crippen LogP contribution in [0.3, 0.4) is 0 Å². The van der Waals surface area contributed by atoms with Crippen molar-refractivity contribution in [1.82, 2.24) is 0 Å². The first-order valence-corrected chi connectivity index (χ1v) is 24.9. The number of esters is 2. The maximum absolute atomic E-state index is 12.8. The van der Waals surface area contributed by atoms with E-state index >= 15 is 0 Å². The van der Waals surface area contributed by atoms with E-state index in [1.54, 1.807) is 0 Å². The number of rotatable bonds is 38. The van der Waals surface area contributed by atoms with Crippen molar-refractivity contribution in [1.29, 1.82) is 0 Å². The van der Waals surface area contributed by atoms with Crippen LogP contribution in [-0.4, -0.2) is 98.3 Å². The van der Waals surface area contributed by atoms with Crippen LogP contribution < -0.4 is 0 Å². The van der Waals surface area contributed by atoms with Crippen LogP contribution in [-0.2, 0) is 32.7 Å². The van der Waals surface area contributed by atoms with Crippen molar-refractivity contribution in [2.45, 2.75) is 224 Å². The molecule has 0 heterocycles. The molecule has 8 atom stereocenters. The van der Waals surface area contributed by atoms with Gasteiger partial charge in [-0.1, -0.05) is 152 Å². The molecule has 0 saturated heterocycles. The number of phosphoric ester groups is 1. The fraction of sp³-hybridized carbons (Fsp3) is 0.787. The highest BCUT2D eigenvalue weighted by Gasteiger charge is 2.51. The Morgan fingerprint density at radius 2 is 0.918 bits per heavy atom. The average molecular weight is 887 g/mol. The van der Waals surface area contributed by atoms with Gasteiger partial charge >= 0.3 is 19.8 Å². The molecule has 0 bridgehead atoms. The zero-order valence-electron chi connectivity index (χ0n) is 37.4. The van der Waals surface area contributed by atoms with Crippen LogP contribution in [0.5, 0.6) is 0 Å². The molecule has 1 rings (SSSR count). The van der Waals surface area contributed by atoms with E-state index < -0.39 is 75.7 Å². The van der Waals surface area contributed by atoms with Crippen molar-refractivity contribution in [2.75, 3.05) is 13.2 Å². The predicted octanol–water partition coefficient (Wildman–Crippen LogP) is 9.17. The molecule has 1 fully saturated rings. The highest BCUT2D eigenvalue weighted by molar-refractivity contribution is 7.47. The maximum Gasteiger partial charge on any atom is 0.472 e. The van der Waals surface area contributed by atoms with E-state index in [0.717, 1.165) is 51.4 Å². The Labute approximate surface area is 367 Å². The minimum absolute atomic E-state index is 0.0241. The van der Waals surface area contributed by atoms with Crippen LogP contribution in [0.25, 0.3) is 0 Å². The number of hydrogen-bond donors (Lipinski definition) is 6. The van der Waals surface area contributed by atoms with Gasteiger partial charge in [-0.3, -0.25) is 18.6 Å². The van der Waals surface area contributed by atoms with Gasteiger partial charge in [0.15, 0.2) is 6.10 Å². The molecule has 0 spiro atoms. The third kappa shape index (κ3) is 29.7. The number of unbranched alkanes of at least 4 members (excludes halogenated alkanes) is 18. The highest BCUT2D eigenvalue weighted by atomic mass is 31.2. The van der Waals surface area contributed by atoms with E-state index in [1.807, 2.05) is 12.2 Å². The fourth-order valence-corrected chi connectivity index (χ4v) is 7.79. The molecule has 0 amide bonds. The van der Waals surface area contributed by atoms with Crippen LogP contribution in [0.1, 0.15) is 181 Å². The molecule has 1 aliphatic carbocycles. The minimum Gasteiger partial charge on any atom is -0.462 e. The lowest BCUT2D eigenvalue weighted by atomic mass is 9.85. The highest BCUT2D eigenvalue weighted by Crippen LogP contribution is 2.47. The lowest BCUT2D eigenvalue weighted by molar-refractivity contribution is -0.220. The third-order valence-corrected chi connectivity index (χ3v) is 11.6. The number of allylic oxidation sites excluding steroid dienone is 8. The molecule has 0 aromatic heterocycles. The molecule has 61 heavy (non-hydrogen) atoms. The van der Waals surface area contributed by atoms with Crippen molar-refractivity contribution >= 4 is 19.8 Å². The molecule has 1 aliphatic rings. The van der Waals surface area contributed by atoms with E-state index in [-0.39, 0.29) is 12.8 Å². The largest absolute Gasteiger partial charge is 0.472 e. The summed E-state index contributed by atoms with van der Waals surface area (Å²) in [5.41, 5.74) is 0. The summed E-state index contributed by atoms with van der Waals surface area (Å²) in [6.07, 6.45) is 30.3. The zero-order valence-corrected chi connectivity index (χ0v) is 38.3. The van der Waals surface area contributed by atoms with Crippen LogP contribution >= 0.6 is 7.82 Å². The van der Waals surface area contributed by atoms with E-state index in [4.69, 9.17) is 18.5 Å². The van der Waals surface area contributed by atoms with Gasteiger partial charge in [-0.25, -0.2) is 4.57 Å². The molecule has 354 valence electrons. The molecular weight excluding hydrogens is 803 g/mol. The lowest BCUT2D eigenvalue weighted by Crippen LogP contribution is -2.64. The molecule has 0 radical (unpaired) electrons. The summed E-state index contributed by atoms with van der Waals surface area (Å²) >= 11 is 0. The first kappa shape index (κ1) is 56.8. The molecule has 1 saturated carbocycles. The Kier molecular flexibility index (Phi) is 34.7. The SMILES string of the molecule is CCCC/C=C/CCCCCCCCCCCC(=O)OC[C@H](COP(=O)(O)OC1C(O)C(O)C(O)[C@H](O)C1O)OC(=O)CCC/C=C/C/C=C/C/C=C/CCCCCCCC. The molecule has 0 aliphatic heterocycles. The standard InChI is InChI=1S/C47H83O13P/c1-3-5-7-9-11-13-15-17-19-20-22-24-26-28-30-32-34-36-41(49)59-39(38-58-61(55,56)60-47-45(53)43(51)42(50)44(52)46(47)54)37-57-40(48)35-33-31-29-27-25-23-21-18-16-14-12-10-8-6-4-2/h10,12,17,19,22,24,28,30,39,42-47,50-54H,3-9,11,13-16,18,20-21,23,25-27,29,31-38H2,1-2H3,(H,55,56)/b12-10+,19-17+,24-22+,30-28+/t39-,42?,43+,44?,45?,46?,47?/m1/s1. The molecule has 13 nitrogen and oxygen atoms in total. The predicted molar refractivity (Wildman–Crippen MR) is 239 cm³/mol. The lowest BCUT2D eigenvalue weighted by Gasteiger charge is -2.41. The number of carbonyl (C=O) groups is 2. The van der Waals surface area contributed by atoms with Gasteiger partial charge in [0.2, 0.25) is 0 Å². The van der Waals surface area contributed by atoms with E-state index in [9.17, 15) is 44.6 Å². The van der Waals surface area contributed by atoms with Crippen molar-refractivity contribution in [3.05, 3.63) is 48.6 Å². The van der Waals surface area contributed by atoms with Gasteiger partial charge in [-0.15, -0.1) is 0 Å². The molecule has 6 unspecified atom stereocenters. The number of aliphatic hydroxyl groups is 5. The Bertz CT molecular complexity index is 1250. The maximum atomic E-state index is 12.8. The second kappa shape index (κ2) is 37.2. The van der Waals surface area contributed by atoms with Crippen LogP contribution in [0, 0.1) is 0 Å². The Morgan fingerprint density at radius 1 is 0.508 bits per heavy atom. The second-order valence-electron chi connectivity index (χ2n) is 16.3. The fourth-order valence-electron chi connectivity index (χ4n) is 6.81. The molecule has 6 N–H and O–H groups in total. The van der Waals surface area contributed by atoms with Gasteiger partial charge in [0.1, 0.15) is 43.2 Å². The van der Waals surface area contributed by atoms with Gasteiger partial charge < -0.3 is 39.9 Å². The second-order valence-corrected chi connectivity index (χ2v) is 17.7. The van der Waals surface area contributed by atoms with Gasteiger partial charge in [0.05, 0.1) is 6.61 Å². The average Bonchev–Trinajstić information content (AvgIpc) is 3.24. The molecule has 0 aromatic rings. The summed E-state index contributed by atoms with van der Waals surface area (Å²) in [5, 5.41) is 50.1. The summed E-state index contributed by atoms with van der Waals surface area (Å²) < 4.78 is 33.5. The molecular formula is C47H83O13P. The van der Waals surface area contributed by atoms with Gasteiger partial charge in [0, 0.05) is 12.8 Å². The smallest absolute Gasteiger partial charge is 0.462 e. The summed E-state index contributed by atoms with van der Waals surface area (Å²) in [6.45, 7) is 3.22. The number of hydrogen-bond acceptors (Lipinski definition) is 12. The van der Waals surface area contributed by atoms with Crippen LogP contribution in [0.4, 0.5) is 0 Å². The Hall–Kier alpha value is -2.19. The van der Waals surface area contributed by atoms with Crippen LogP contribution in [0.2, 0.25) is 0 Å². The third-order valence-electron chi connectivity index (χ3n) is 10.6. The first-order valence-electron chi connectivity index (χ1n) is 23.4. The number of aliphatic hydroxyl groups excluding tert-OH is 5. The van der Waals surface area contributed by atoms with Gasteiger partial charge in [-0.05, 0) is 64.2 Å². The van der Waals surface area contributed by atoms with Crippen molar-refractivity contribution in [2.24, 2.45) is 0 Å². The van der Waals surface area contributed by atoms with E-state index in [2.05, 4.69) is 50.3 Å². The Morgan fingerprint density at radius 3 is 1.46 bits per heavy atom. The Balaban J connectivity index is 2.50. The van der Waals surface area contributed by atoms with Crippen molar-refractivity contribution in [3.63, 3.8) is 0 Å². The summed E-state index contributed by atoms with van der Waals surface area (Å²) in [7, 11) is -5.13. The molecule has 14 heteroatoms. The number of ether oxygens (including phenoxy) is 2. The van der Waals surface area contributed by atoms with Crippen molar-refractivity contribution < 1.29 is 63.1 Å². The monoisotopic (exact) mass is 887 g/mol. The number of carbonyl (C=O) groups excluding carboxylic acids is 2. The minimum atomic E-state index is -5.13. The van der Waals surface area contributed by atoms with E-state index in [0.29, 0.717) is 19.3 Å².